The molecule has 0 amide bonds. The monoisotopic (exact) mass is 166 g/mol. The quantitative estimate of drug-likeness (QED) is 0.596. The first-order valence-electron chi connectivity index (χ1n) is 4.21. The van der Waals surface area contributed by atoms with Crippen LogP contribution in [0.1, 0.15) is 32.5 Å². The highest BCUT2D eigenvalue weighted by Gasteiger charge is 2.25. The fraction of sp³-hybridized carbons (Fsp3) is 0.455. The van der Waals surface area contributed by atoms with E-state index in [4.69, 9.17) is 0 Å². The van der Waals surface area contributed by atoms with E-state index in [-0.39, 0.29) is 5.41 Å². The van der Waals surface area contributed by atoms with Crippen LogP contribution in [0.25, 0.3) is 0 Å². The fourth-order valence-electron chi connectivity index (χ4n) is 1.12. The number of rotatable bonds is 1. The standard InChI is InChI=1S/C11H15F/c1-11(2,3)10(12)9-7-5-4-6-8-9/h4-8,10H,1-3H3. The van der Waals surface area contributed by atoms with Gasteiger partial charge in [-0.25, -0.2) is 4.39 Å². The van der Waals surface area contributed by atoms with Gasteiger partial charge in [-0.15, -0.1) is 0 Å². The molecule has 0 aliphatic rings. The van der Waals surface area contributed by atoms with Crippen molar-refractivity contribution < 1.29 is 4.39 Å². The van der Waals surface area contributed by atoms with Gasteiger partial charge in [-0.2, -0.15) is 0 Å². The van der Waals surface area contributed by atoms with Gasteiger partial charge in [0.15, 0.2) is 0 Å². The molecular formula is C11H15F. The lowest BCUT2D eigenvalue weighted by atomic mass is 9.86. The lowest BCUT2D eigenvalue weighted by Gasteiger charge is -2.23. The highest BCUT2D eigenvalue weighted by Crippen LogP contribution is 2.35. The summed E-state index contributed by atoms with van der Waals surface area (Å²) in [5, 5.41) is 0. The summed E-state index contributed by atoms with van der Waals surface area (Å²) in [5.41, 5.74) is 0.464. The third-order valence-electron chi connectivity index (χ3n) is 1.85. The van der Waals surface area contributed by atoms with Crippen LogP contribution in [0.5, 0.6) is 0 Å². The number of halogens is 1. The minimum atomic E-state index is -0.876. The lowest BCUT2D eigenvalue weighted by Crippen LogP contribution is -2.13. The summed E-state index contributed by atoms with van der Waals surface area (Å²) < 4.78 is 13.6. The zero-order valence-electron chi connectivity index (χ0n) is 7.84. The van der Waals surface area contributed by atoms with Crippen LogP contribution in [0.2, 0.25) is 0 Å². The van der Waals surface area contributed by atoms with Gasteiger partial charge in [0.25, 0.3) is 0 Å². The van der Waals surface area contributed by atoms with Crippen molar-refractivity contribution in [1.29, 1.82) is 0 Å². The van der Waals surface area contributed by atoms with Gasteiger partial charge in [0.05, 0.1) is 0 Å². The Labute approximate surface area is 73.4 Å². The highest BCUT2D eigenvalue weighted by molar-refractivity contribution is 5.18. The molecular weight excluding hydrogens is 151 g/mol. The molecule has 1 aromatic rings. The van der Waals surface area contributed by atoms with E-state index in [1.165, 1.54) is 0 Å². The molecule has 1 rings (SSSR count). The summed E-state index contributed by atoms with van der Waals surface area (Å²) in [6.07, 6.45) is -0.876. The molecule has 0 aromatic heterocycles. The summed E-state index contributed by atoms with van der Waals surface area (Å²) in [4.78, 5) is 0. The Morgan fingerprint density at radius 2 is 1.58 bits per heavy atom. The third-order valence-corrected chi connectivity index (χ3v) is 1.85. The molecule has 1 unspecified atom stereocenters. The second-order valence-electron chi connectivity index (χ2n) is 4.14. The Kier molecular flexibility index (Phi) is 2.51. The van der Waals surface area contributed by atoms with E-state index in [0.29, 0.717) is 0 Å². The molecule has 1 heteroatoms. The predicted molar refractivity (Wildman–Crippen MR) is 49.7 cm³/mol. The molecule has 0 aliphatic carbocycles. The van der Waals surface area contributed by atoms with Crippen LogP contribution in [-0.2, 0) is 0 Å². The molecule has 0 spiro atoms. The molecule has 0 saturated carbocycles. The molecule has 0 saturated heterocycles. The van der Waals surface area contributed by atoms with E-state index in [1.807, 2.05) is 51.1 Å². The maximum atomic E-state index is 13.6. The van der Waals surface area contributed by atoms with Crippen molar-refractivity contribution in [3.63, 3.8) is 0 Å². The largest absolute Gasteiger partial charge is 0.242 e. The van der Waals surface area contributed by atoms with Crippen molar-refractivity contribution in [3.8, 4) is 0 Å². The van der Waals surface area contributed by atoms with Crippen LogP contribution in [0.3, 0.4) is 0 Å². The first-order valence-corrected chi connectivity index (χ1v) is 4.21. The fourth-order valence-corrected chi connectivity index (χ4v) is 1.12. The van der Waals surface area contributed by atoms with Gasteiger partial charge < -0.3 is 0 Å². The van der Waals surface area contributed by atoms with E-state index >= 15 is 0 Å². The first kappa shape index (κ1) is 9.24. The van der Waals surface area contributed by atoms with Gasteiger partial charge in [-0.05, 0) is 11.0 Å². The Morgan fingerprint density at radius 1 is 1.08 bits per heavy atom. The van der Waals surface area contributed by atoms with E-state index in [0.717, 1.165) is 5.56 Å². The molecule has 0 heterocycles. The maximum absolute atomic E-state index is 13.6. The summed E-state index contributed by atoms with van der Waals surface area (Å²) in [5.74, 6) is 0. The average molecular weight is 166 g/mol. The van der Waals surface area contributed by atoms with Crippen LogP contribution < -0.4 is 0 Å². The van der Waals surface area contributed by atoms with Crippen LogP contribution in [0.4, 0.5) is 4.39 Å². The van der Waals surface area contributed by atoms with Crippen LogP contribution in [0, 0.1) is 5.41 Å². The lowest BCUT2D eigenvalue weighted by molar-refractivity contribution is 0.165. The zero-order chi connectivity index (χ0) is 9.19. The molecule has 0 nitrogen and oxygen atoms in total. The average Bonchev–Trinajstić information content (AvgIpc) is 2.03. The molecule has 0 aliphatic heterocycles. The smallest absolute Gasteiger partial charge is 0.130 e. The van der Waals surface area contributed by atoms with E-state index in [9.17, 15) is 4.39 Å². The molecule has 0 N–H and O–H groups in total. The molecule has 1 aromatic carbocycles. The summed E-state index contributed by atoms with van der Waals surface area (Å²) in [6, 6.07) is 9.30. The topological polar surface area (TPSA) is 0 Å². The van der Waals surface area contributed by atoms with Crippen LogP contribution in [0.15, 0.2) is 30.3 Å². The van der Waals surface area contributed by atoms with Crippen molar-refractivity contribution in [2.75, 3.05) is 0 Å². The Balaban J connectivity index is 2.86. The Morgan fingerprint density at radius 3 is 2.00 bits per heavy atom. The third kappa shape index (κ3) is 2.07. The second-order valence-corrected chi connectivity index (χ2v) is 4.14. The predicted octanol–water partition coefficient (Wildman–Crippen LogP) is 3.74. The Bertz CT molecular complexity index is 233. The minimum Gasteiger partial charge on any atom is -0.242 e. The normalized spacial score (nSPS) is 14.3. The number of hydrogen-bond acceptors (Lipinski definition) is 0. The van der Waals surface area contributed by atoms with Gasteiger partial charge >= 0.3 is 0 Å². The molecule has 0 fully saturated rings. The van der Waals surface area contributed by atoms with Crippen molar-refractivity contribution in [3.05, 3.63) is 35.9 Å². The van der Waals surface area contributed by atoms with Gasteiger partial charge in [-0.3, -0.25) is 0 Å². The number of benzene rings is 1. The SMILES string of the molecule is CC(C)(C)C(F)c1ccccc1. The minimum absolute atomic E-state index is 0.304. The van der Waals surface area contributed by atoms with E-state index < -0.39 is 6.17 Å². The molecule has 0 bridgehead atoms. The Hall–Kier alpha value is -0.850. The van der Waals surface area contributed by atoms with E-state index in [1.54, 1.807) is 0 Å². The summed E-state index contributed by atoms with van der Waals surface area (Å²) >= 11 is 0. The van der Waals surface area contributed by atoms with Gasteiger partial charge in [0.1, 0.15) is 6.17 Å². The van der Waals surface area contributed by atoms with Crippen molar-refractivity contribution in [2.24, 2.45) is 5.41 Å². The number of alkyl halides is 1. The first-order chi connectivity index (χ1) is 5.52. The molecule has 0 radical (unpaired) electrons. The van der Waals surface area contributed by atoms with Gasteiger partial charge in [0.2, 0.25) is 0 Å². The number of hydrogen-bond donors (Lipinski definition) is 0. The molecule has 12 heavy (non-hydrogen) atoms. The van der Waals surface area contributed by atoms with E-state index in [2.05, 4.69) is 0 Å². The van der Waals surface area contributed by atoms with Gasteiger partial charge in [-0.1, -0.05) is 51.1 Å². The zero-order valence-corrected chi connectivity index (χ0v) is 7.84. The van der Waals surface area contributed by atoms with Crippen molar-refractivity contribution in [2.45, 2.75) is 26.9 Å². The summed E-state index contributed by atoms with van der Waals surface area (Å²) in [7, 11) is 0. The summed E-state index contributed by atoms with van der Waals surface area (Å²) in [6.45, 7) is 5.72. The molecule has 66 valence electrons. The van der Waals surface area contributed by atoms with Crippen molar-refractivity contribution >= 4 is 0 Å². The maximum Gasteiger partial charge on any atom is 0.130 e. The molecule has 1 atom stereocenters. The van der Waals surface area contributed by atoms with Crippen molar-refractivity contribution in [1.82, 2.24) is 0 Å². The highest BCUT2D eigenvalue weighted by atomic mass is 19.1. The van der Waals surface area contributed by atoms with Crippen LogP contribution >= 0.6 is 0 Å². The van der Waals surface area contributed by atoms with Crippen LogP contribution in [-0.4, -0.2) is 0 Å². The van der Waals surface area contributed by atoms with Gasteiger partial charge in [0, 0.05) is 0 Å². The second kappa shape index (κ2) is 3.26.